The number of benzene rings is 4. The first kappa shape index (κ1) is 56.0. The van der Waals surface area contributed by atoms with E-state index in [4.69, 9.17) is 69.6 Å². The number of aromatic nitrogens is 6. The average molecular weight is 1120 g/mol. The highest BCUT2D eigenvalue weighted by atomic mass is 35.5. The van der Waals surface area contributed by atoms with Crippen LogP contribution in [0.1, 0.15) is 101 Å². The molecule has 4 aromatic carbocycles. The Balaban J connectivity index is 0.000000145. The Bertz CT molecular complexity index is 3600. The molecule has 0 bridgehead atoms. The summed E-state index contributed by atoms with van der Waals surface area (Å²) in [5.41, 5.74) is 8.26. The Morgan fingerprint density at radius 3 is 1.16 bits per heavy atom. The van der Waals surface area contributed by atoms with Crippen molar-refractivity contribution in [2.24, 2.45) is 0 Å². The molecule has 10 aromatic rings. The second-order valence-corrected chi connectivity index (χ2v) is 20.5. The van der Waals surface area contributed by atoms with Gasteiger partial charge in [-0.25, -0.2) is 37.5 Å². The summed E-state index contributed by atoms with van der Waals surface area (Å²) in [6.45, 7) is 16.0. The highest BCUT2D eigenvalue weighted by molar-refractivity contribution is 6.40. The van der Waals surface area contributed by atoms with Crippen molar-refractivity contribution in [1.82, 2.24) is 29.9 Å². The molecule has 0 atom stereocenters. The van der Waals surface area contributed by atoms with Crippen LogP contribution in [0, 0.1) is 23.3 Å². The van der Waals surface area contributed by atoms with Crippen LogP contribution >= 0.6 is 69.6 Å². The standard InChI is InChI=1S/2C17H14ClFN2.2C12H10Cl2FN/c1-10(2)14-16(18)15-11(19)6-5-8-12(15)21-17(14)13-7-3-4-9-20-13;1-10(2)15-16(18)12-7-6-11(19)9-14(12)21-17(15)13-5-3-4-8-20-13;1-6(2)10-11(13)8-4-3-7(15)5-9(8)16-12(10)14;1-6(2)9-11(13)10-7(15)4-3-5-8(10)16-12(9)14/h2*3-10H,1-2H3;2*3-6H,1-2H3. The van der Waals surface area contributed by atoms with Gasteiger partial charge >= 0.3 is 0 Å². The van der Waals surface area contributed by atoms with E-state index >= 15 is 0 Å². The molecule has 0 fully saturated rings. The first-order valence-corrected chi connectivity index (χ1v) is 25.7. The Morgan fingerprint density at radius 2 is 0.730 bits per heavy atom. The summed E-state index contributed by atoms with van der Waals surface area (Å²) in [6, 6.07) is 29.5. The molecule has 74 heavy (non-hydrogen) atoms. The van der Waals surface area contributed by atoms with E-state index in [0.717, 1.165) is 38.9 Å². The van der Waals surface area contributed by atoms with Crippen LogP contribution in [0.3, 0.4) is 0 Å². The summed E-state index contributed by atoms with van der Waals surface area (Å²) in [7, 11) is 0. The monoisotopic (exact) mass is 1110 g/mol. The number of rotatable bonds is 6. The lowest BCUT2D eigenvalue weighted by atomic mass is 9.97. The van der Waals surface area contributed by atoms with Gasteiger partial charge in [-0.2, -0.15) is 0 Å². The number of hydrogen-bond donors (Lipinski definition) is 0. The molecule has 0 radical (unpaired) electrons. The summed E-state index contributed by atoms with van der Waals surface area (Å²) in [5, 5.41) is 4.88. The van der Waals surface area contributed by atoms with E-state index in [9.17, 15) is 17.6 Å². The molecule has 0 aliphatic rings. The molecule has 0 saturated carbocycles. The number of hydrogen-bond acceptors (Lipinski definition) is 6. The molecule has 0 N–H and O–H groups in total. The largest absolute Gasteiger partial charge is 0.255 e. The van der Waals surface area contributed by atoms with Crippen molar-refractivity contribution in [3.8, 4) is 22.8 Å². The third-order valence-corrected chi connectivity index (χ3v) is 13.9. The van der Waals surface area contributed by atoms with Crippen molar-refractivity contribution in [2.45, 2.75) is 79.1 Å². The fourth-order valence-electron chi connectivity index (χ4n) is 8.29. The fraction of sp³-hybridized carbons (Fsp3) is 0.207. The molecule has 6 aromatic heterocycles. The summed E-state index contributed by atoms with van der Waals surface area (Å²) < 4.78 is 54.2. The van der Waals surface area contributed by atoms with Gasteiger partial charge in [0.05, 0.1) is 75.7 Å². The second-order valence-electron chi connectivity index (χ2n) is 18.3. The van der Waals surface area contributed by atoms with Crippen molar-refractivity contribution in [3.63, 3.8) is 0 Å². The van der Waals surface area contributed by atoms with Crippen LogP contribution in [0.4, 0.5) is 17.6 Å². The van der Waals surface area contributed by atoms with Crippen LogP contribution in [-0.4, -0.2) is 29.9 Å². The van der Waals surface area contributed by atoms with Crippen molar-refractivity contribution in [2.75, 3.05) is 0 Å². The topological polar surface area (TPSA) is 77.3 Å². The lowest BCUT2D eigenvalue weighted by Gasteiger charge is -2.16. The molecular formula is C58H48Cl6F4N6. The Morgan fingerprint density at radius 1 is 0.365 bits per heavy atom. The van der Waals surface area contributed by atoms with E-state index < -0.39 is 0 Å². The molecule has 0 amide bonds. The molecule has 0 spiro atoms. The quantitative estimate of drug-likeness (QED) is 0.122. The van der Waals surface area contributed by atoms with E-state index in [1.807, 2.05) is 77.9 Å². The molecule has 0 aliphatic heterocycles. The Kier molecular flexibility index (Phi) is 18.4. The summed E-state index contributed by atoms with van der Waals surface area (Å²) >= 11 is 37.5. The average Bonchev–Trinajstić information content (AvgIpc) is 3.34. The van der Waals surface area contributed by atoms with Gasteiger partial charge in [-0.3, -0.25) is 9.97 Å². The van der Waals surface area contributed by atoms with E-state index in [0.29, 0.717) is 80.2 Å². The number of halogens is 10. The molecular weight excluding hydrogens is 1070 g/mol. The molecule has 16 heteroatoms. The third kappa shape index (κ3) is 12.2. The van der Waals surface area contributed by atoms with E-state index in [2.05, 4.69) is 43.8 Å². The van der Waals surface area contributed by atoms with E-state index in [-0.39, 0.29) is 46.9 Å². The van der Waals surface area contributed by atoms with Gasteiger partial charge in [0.1, 0.15) is 33.6 Å². The van der Waals surface area contributed by atoms with Gasteiger partial charge in [0, 0.05) is 57.6 Å². The molecule has 6 nitrogen and oxygen atoms in total. The normalized spacial score (nSPS) is 11.3. The maximum Gasteiger partial charge on any atom is 0.134 e. The van der Waals surface area contributed by atoms with Gasteiger partial charge in [-0.05, 0) is 96.5 Å². The first-order valence-electron chi connectivity index (χ1n) is 23.5. The first-order chi connectivity index (χ1) is 35.2. The molecule has 380 valence electrons. The highest BCUT2D eigenvalue weighted by Crippen LogP contribution is 2.41. The maximum absolute atomic E-state index is 14.1. The predicted molar refractivity (Wildman–Crippen MR) is 300 cm³/mol. The van der Waals surface area contributed by atoms with Gasteiger partial charge in [0.25, 0.3) is 0 Å². The maximum atomic E-state index is 14.1. The Hall–Kier alpha value is -5.72. The van der Waals surface area contributed by atoms with Gasteiger partial charge in [0.2, 0.25) is 0 Å². The molecule has 0 saturated heterocycles. The lowest BCUT2D eigenvalue weighted by molar-refractivity contribution is 0.629. The van der Waals surface area contributed by atoms with Crippen LogP contribution in [0.5, 0.6) is 0 Å². The zero-order valence-corrected chi connectivity index (χ0v) is 45.9. The minimum absolute atomic E-state index is 0.108. The Labute approximate surface area is 457 Å². The number of nitrogens with zero attached hydrogens (tertiary/aromatic N) is 6. The molecule has 10 rings (SSSR count). The van der Waals surface area contributed by atoms with Gasteiger partial charge in [-0.15, -0.1) is 0 Å². The van der Waals surface area contributed by atoms with Gasteiger partial charge in [-0.1, -0.05) is 149 Å². The van der Waals surface area contributed by atoms with Gasteiger partial charge in [0.15, 0.2) is 0 Å². The lowest BCUT2D eigenvalue weighted by Crippen LogP contribution is -2.01. The number of fused-ring (bicyclic) bond motifs is 4. The third-order valence-electron chi connectivity index (χ3n) is 11.7. The zero-order valence-electron chi connectivity index (χ0n) is 41.3. The summed E-state index contributed by atoms with van der Waals surface area (Å²) in [5.74, 6) is -0.784. The molecule has 6 heterocycles. The van der Waals surface area contributed by atoms with Crippen molar-refractivity contribution < 1.29 is 17.6 Å². The van der Waals surface area contributed by atoms with Crippen LogP contribution in [0.25, 0.3) is 66.4 Å². The van der Waals surface area contributed by atoms with Gasteiger partial charge < -0.3 is 0 Å². The second kappa shape index (κ2) is 24.3. The van der Waals surface area contributed by atoms with Crippen LogP contribution < -0.4 is 0 Å². The van der Waals surface area contributed by atoms with Crippen LogP contribution in [0.2, 0.25) is 30.4 Å². The fourth-order valence-corrected chi connectivity index (χ4v) is 11.1. The molecule has 0 unspecified atom stereocenters. The highest BCUT2D eigenvalue weighted by Gasteiger charge is 2.22. The minimum atomic E-state index is -0.367. The molecule has 0 aliphatic carbocycles. The minimum Gasteiger partial charge on any atom is -0.255 e. The predicted octanol–water partition coefficient (Wildman–Crippen LogP) is 20.0. The zero-order chi connectivity index (χ0) is 53.7. The van der Waals surface area contributed by atoms with E-state index in [1.54, 1.807) is 48.8 Å². The van der Waals surface area contributed by atoms with E-state index in [1.165, 1.54) is 36.4 Å². The summed E-state index contributed by atoms with van der Waals surface area (Å²) in [6.07, 6.45) is 3.43. The van der Waals surface area contributed by atoms with Crippen LogP contribution in [0.15, 0.2) is 122 Å². The number of pyridine rings is 6. The van der Waals surface area contributed by atoms with Crippen molar-refractivity contribution in [3.05, 3.63) is 198 Å². The SMILES string of the molecule is CC(C)c1c(-c2ccccn2)nc2cc(F)ccc2c1Cl.CC(C)c1c(-c2ccccn2)nc2cccc(F)c2c1Cl.CC(C)c1c(Cl)nc2cc(F)ccc2c1Cl.CC(C)c1c(Cl)nc2cccc(F)c2c1Cl. The van der Waals surface area contributed by atoms with Crippen molar-refractivity contribution in [1.29, 1.82) is 0 Å². The summed E-state index contributed by atoms with van der Waals surface area (Å²) in [4.78, 5) is 26.2. The van der Waals surface area contributed by atoms with Crippen molar-refractivity contribution >= 4 is 113 Å². The van der Waals surface area contributed by atoms with Crippen LogP contribution in [-0.2, 0) is 0 Å². The smallest absolute Gasteiger partial charge is 0.134 e.